The molecule has 112 valence electrons. The number of hydrogen-bond acceptors (Lipinski definition) is 5. The first-order valence-electron chi connectivity index (χ1n) is 7.09. The summed E-state index contributed by atoms with van der Waals surface area (Å²) >= 11 is 4.98. The van der Waals surface area contributed by atoms with Gasteiger partial charge in [-0.05, 0) is 41.8 Å². The van der Waals surface area contributed by atoms with Gasteiger partial charge in [-0.2, -0.15) is 11.3 Å². The number of carbonyl (C=O) groups excluding carboxylic acids is 1. The molecule has 3 aromatic rings. The van der Waals surface area contributed by atoms with E-state index < -0.39 is 0 Å². The van der Waals surface area contributed by atoms with Gasteiger partial charge in [-0.15, -0.1) is 22.7 Å². The summed E-state index contributed by atoms with van der Waals surface area (Å²) in [6.07, 6.45) is 0.949. The molecular weight excluding hydrogens is 332 g/mol. The summed E-state index contributed by atoms with van der Waals surface area (Å²) in [5, 5.41) is 9.01. The summed E-state index contributed by atoms with van der Waals surface area (Å²) in [6, 6.07) is 4.31. The minimum absolute atomic E-state index is 0.0436. The third-order valence-electron chi connectivity index (χ3n) is 4.03. The van der Waals surface area contributed by atoms with Gasteiger partial charge in [0.1, 0.15) is 10.7 Å². The van der Waals surface area contributed by atoms with Crippen molar-refractivity contribution in [3.8, 4) is 10.6 Å². The molecule has 0 fully saturated rings. The molecule has 0 unspecified atom stereocenters. The van der Waals surface area contributed by atoms with E-state index in [2.05, 4.69) is 28.7 Å². The van der Waals surface area contributed by atoms with E-state index in [9.17, 15) is 4.79 Å². The van der Waals surface area contributed by atoms with Gasteiger partial charge in [0.25, 0.3) is 5.91 Å². The zero-order valence-corrected chi connectivity index (χ0v) is 14.4. The van der Waals surface area contributed by atoms with Crippen molar-refractivity contribution >= 4 is 39.9 Å². The normalized spacial score (nSPS) is 17.5. The van der Waals surface area contributed by atoms with Gasteiger partial charge in [0.15, 0.2) is 0 Å². The van der Waals surface area contributed by atoms with Crippen molar-refractivity contribution in [2.24, 2.45) is 0 Å². The lowest BCUT2D eigenvalue weighted by Crippen LogP contribution is -2.38. The van der Waals surface area contributed by atoms with Crippen LogP contribution in [0.4, 0.5) is 0 Å². The Morgan fingerprint density at radius 1 is 1.27 bits per heavy atom. The summed E-state index contributed by atoms with van der Waals surface area (Å²) in [6.45, 7) is 2.88. The van der Waals surface area contributed by atoms with Crippen molar-refractivity contribution in [3.05, 3.63) is 49.8 Å². The second-order valence-corrected chi connectivity index (χ2v) is 7.91. The minimum atomic E-state index is 0.0436. The Hall–Kier alpha value is -1.50. The van der Waals surface area contributed by atoms with Gasteiger partial charge in [0.2, 0.25) is 0 Å². The van der Waals surface area contributed by atoms with Crippen LogP contribution in [-0.2, 0) is 6.42 Å². The highest BCUT2D eigenvalue weighted by atomic mass is 32.1. The maximum atomic E-state index is 12.8. The van der Waals surface area contributed by atoms with E-state index in [4.69, 9.17) is 0 Å². The summed E-state index contributed by atoms with van der Waals surface area (Å²) < 4.78 is 0. The molecule has 0 aliphatic carbocycles. The molecule has 0 spiro atoms. The number of rotatable bonds is 2. The molecule has 0 saturated heterocycles. The SMILES string of the molecule is C[C@@H]1c2ccsc2CCN1C(=O)c1csc(-c2ccsc2)n1. The smallest absolute Gasteiger partial charge is 0.273 e. The van der Waals surface area contributed by atoms with Gasteiger partial charge >= 0.3 is 0 Å². The molecule has 6 heteroatoms. The van der Waals surface area contributed by atoms with E-state index >= 15 is 0 Å². The van der Waals surface area contributed by atoms with Crippen LogP contribution in [-0.4, -0.2) is 22.3 Å². The van der Waals surface area contributed by atoms with E-state index in [-0.39, 0.29) is 11.9 Å². The molecule has 4 rings (SSSR count). The fourth-order valence-corrected chi connectivity index (χ4v) is 5.29. The summed E-state index contributed by atoms with van der Waals surface area (Å²) in [4.78, 5) is 20.7. The minimum Gasteiger partial charge on any atom is -0.330 e. The second kappa shape index (κ2) is 5.61. The van der Waals surface area contributed by atoms with Crippen molar-refractivity contribution in [2.45, 2.75) is 19.4 Å². The van der Waals surface area contributed by atoms with Crippen LogP contribution in [0.1, 0.15) is 33.9 Å². The molecule has 0 bridgehead atoms. The van der Waals surface area contributed by atoms with Crippen molar-refractivity contribution in [1.29, 1.82) is 0 Å². The quantitative estimate of drug-likeness (QED) is 0.674. The fraction of sp³-hybridized carbons (Fsp3) is 0.250. The number of aromatic nitrogens is 1. The average Bonchev–Trinajstić information content (AvgIpc) is 3.26. The highest BCUT2D eigenvalue weighted by Crippen LogP contribution is 2.34. The van der Waals surface area contributed by atoms with Gasteiger partial charge < -0.3 is 4.90 Å². The molecule has 0 aromatic carbocycles. The standard InChI is InChI=1S/C16H14N2OS3/c1-10-12-4-7-21-14(12)2-5-18(10)16(19)13-9-22-15(17-13)11-3-6-20-8-11/h3-4,6-10H,2,5H2,1H3/t10-/m1/s1. The van der Waals surface area contributed by atoms with Crippen molar-refractivity contribution in [3.63, 3.8) is 0 Å². The Labute approximate surface area is 140 Å². The van der Waals surface area contributed by atoms with Gasteiger partial charge in [0.05, 0.1) is 6.04 Å². The van der Waals surface area contributed by atoms with Crippen LogP contribution in [0.25, 0.3) is 10.6 Å². The number of amides is 1. The van der Waals surface area contributed by atoms with Crippen LogP contribution in [0.2, 0.25) is 0 Å². The first-order valence-corrected chi connectivity index (χ1v) is 9.79. The van der Waals surface area contributed by atoms with Crippen LogP contribution in [0.5, 0.6) is 0 Å². The molecule has 3 nitrogen and oxygen atoms in total. The highest BCUT2D eigenvalue weighted by molar-refractivity contribution is 7.14. The van der Waals surface area contributed by atoms with E-state index in [1.54, 1.807) is 22.7 Å². The maximum absolute atomic E-state index is 12.8. The Morgan fingerprint density at radius 3 is 3.00 bits per heavy atom. The molecule has 1 atom stereocenters. The summed E-state index contributed by atoms with van der Waals surface area (Å²) in [7, 11) is 0. The third kappa shape index (κ3) is 2.31. The molecule has 4 heterocycles. The van der Waals surface area contributed by atoms with Crippen LogP contribution >= 0.6 is 34.0 Å². The predicted octanol–water partition coefficient (Wildman–Crippen LogP) is 4.69. The lowest BCUT2D eigenvalue weighted by molar-refractivity contribution is 0.0674. The average molecular weight is 347 g/mol. The summed E-state index contributed by atoms with van der Waals surface area (Å²) in [5.41, 5.74) is 2.95. The Bertz CT molecular complexity index is 803. The van der Waals surface area contributed by atoms with Gasteiger partial charge in [-0.1, -0.05) is 0 Å². The molecule has 0 radical (unpaired) electrons. The number of carbonyl (C=O) groups is 1. The first kappa shape index (κ1) is 14.1. The number of hydrogen-bond donors (Lipinski definition) is 0. The Morgan fingerprint density at radius 2 is 2.18 bits per heavy atom. The van der Waals surface area contributed by atoms with E-state index in [1.165, 1.54) is 21.8 Å². The molecule has 3 aromatic heterocycles. The van der Waals surface area contributed by atoms with Crippen molar-refractivity contribution < 1.29 is 4.79 Å². The van der Waals surface area contributed by atoms with E-state index in [1.807, 2.05) is 21.7 Å². The summed E-state index contributed by atoms with van der Waals surface area (Å²) in [5.74, 6) is 0.0436. The van der Waals surface area contributed by atoms with E-state index in [0.717, 1.165) is 23.5 Å². The lowest BCUT2D eigenvalue weighted by atomic mass is 10.0. The van der Waals surface area contributed by atoms with Crippen LogP contribution in [0, 0.1) is 0 Å². The molecule has 1 amide bonds. The number of fused-ring (bicyclic) bond motifs is 1. The zero-order chi connectivity index (χ0) is 15.1. The highest BCUT2D eigenvalue weighted by Gasteiger charge is 2.30. The second-order valence-electron chi connectivity index (χ2n) is 5.27. The largest absolute Gasteiger partial charge is 0.330 e. The van der Waals surface area contributed by atoms with Crippen LogP contribution in [0.15, 0.2) is 33.7 Å². The number of nitrogens with zero attached hydrogens (tertiary/aromatic N) is 2. The topological polar surface area (TPSA) is 33.2 Å². The molecular formula is C16H14N2OS3. The van der Waals surface area contributed by atoms with Gasteiger partial charge in [-0.25, -0.2) is 4.98 Å². The van der Waals surface area contributed by atoms with E-state index in [0.29, 0.717) is 5.69 Å². The molecule has 22 heavy (non-hydrogen) atoms. The Kier molecular flexibility index (Phi) is 3.60. The van der Waals surface area contributed by atoms with Gasteiger partial charge in [-0.3, -0.25) is 4.79 Å². The van der Waals surface area contributed by atoms with Crippen LogP contribution in [0.3, 0.4) is 0 Å². The lowest BCUT2D eigenvalue weighted by Gasteiger charge is -2.33. The molecule has 0 saturated carbocycles. The number of thiazole rings is 1. The monoisotopic (exact) mass is 346 g/mol. The molecule has 1 aliphatic heterocycles. The first-order chi connectivity index (χ1) is 10.7. The molecule has 0 N–H and O–H groups in total. The van der Waals surface area contributed by atoms with Crippen LogP contribution < -0.4 is 0 Å². The predicted molar refractivity (Wildman–Crippen MR) is 92.9 cm³/mol. The zero-order valence-electron chi connectivity index (χ0n) is 12.0. The molecule has 1 aliphatic rings. The van der Waals surface area contributed by atoms with Gasteiger partial charge in [0, 0.05) is 27.7 Å². The Balaban J connectivity index is 1.60. The third-order valence-corrected chi connectivity index (χ3v) is 6.60. The maximum Gasteiger partial charge on any atom is 0.273 e. The van der Waals surface area contributed by atoms with Crippen molar-refractivity contribution in [2.75, 3.05) is 6.54 Å². The van der Waals surface area contributed by atoms with Crippen molar-refractivity contribution in [1.82, 2.24) is 9.88 Å². The number of thiophene rings is 2. The fourth-order valence-electron chi connectivity index (χ4n) is 2.82.